The molecule has 200 valence electrons. The first-order valence-corrected chi connectivity index (χ1v) is 14.6. The van der Waals surface area contributed by atoms with Gasteiger partial charge in [-0.15, -0.1) is 0 Å². The highest BCUT2D eigenvalue weighted by atomic mass is 79.9. The molecule has 0 saturated carbocycles. The van der Waals surface area contributed by atoms with Crippen LogP contribution in [0.5, 0.6) is 0 Å². The van der Waals surface area contributed by atoms with Gasteiger partial charge in [0.1, 0.15) is 11.3 Å². The molecule has 0 aromatic heterocycles. The van der Waals surface area contributed by atoms with E-state index in [2.05, 4.69) is 80.0 Å². The molecule has 0 aliphatic carbocycles. The van der Waals surface area contributed by atoms with E-state index in [1.165, 1.54) is 5.56 Å². The molecule has 3 aliphatic heterocycles. The minimum Gasteiger partial charge on any atom is -0.324 e. The summed E-state index contributed by atoms with van der Waals surface area (Å²) < 4.78 is 0.878. The number of rotatable bonds is 4. The fourth-order valence-corrected chi connectivity index (χ4v) is 7.84. The third-order valence-electron chi connectivity index (χ3n) is 9.07. The van der Waals surface area contributed by atoms with Crippen molar-refractivity contribution in [1.82, 2.24) is 10.2 Å². The maximum Gasteiger partial charge on any atom is 0.250 e. The van der Waals surface area contributed by atoms with E-state index in [0.717, 1.165) is 33.4 Å². The number of likely N-dealkylation sites (tertiary alicyclic amines) is 1. The van der Waals surface area contributed by atoms with E-state index in [1.807, 2.05) is 60.7 Å². The maximum atomic E-state index is 14.7. The molecule has 5 nitrogen and oxygen atoms in total. The topological polar surface area (TPSA) is 61.4 Å². The van der Waals surface area contributed by atoms with Crippen molar-refractivity contribution in [3.63, 3.8) is 0 Å². The third kappa shape index (κ3) is 3.74. The van der Waals surface area contributed by atoms with Gasteiger partial charge in [0.2, 0.25) is 0 Å². The summed E-state index contributed by atoms with van der Waals surface area (Å²) >= 11 is 3.66. The molecule has 2 N–H and O–H groups in total. The van der Waals surface area contributed by atoms with Crippen LogP contribution in [0.15, 0.2) is 114 Å². The highest BCUT2D eigenvalue weighted by Crippen LogP contribution is 2.65. The van der Waals surface area contributed by atoms with E-state index < -0.39 is 11.0 Å². The van der Waals surface area contributed by atoms with Gasteiger partial charge in [0.15, 0.2) is 0 Å². The van der Waals surface area contributed by atoms with Crippen molar-refractivity contribution >= 4 is 33.3 Å². The van der Waals surface area contributed by atoms with Crippen LogP contribution in [0.1, 0.15) is 40.6 Å². The Kier molecular flexibility index (Phi) is 6.22. The molecule has 4 unspecified atom stereocenters. The van der Waals surface area contributed by atoms with Gasteiger partial charge < -0.3 is 5.32 Å². The number of hydrogen-bond acceptors (Lipinski definition) is 4. The van der Waals surface area contributed by atoms with Gasteiger partial charge in [-0.2, -0.15) is 0 Å². The molecular formula is C34H30BrN3O2. The average Bonchev–Trinajstić information content (AvgIpc) is 3.44. The molecule has 1 amide bonds. The molecule has 4 aromatic rings. The van der Waals surface area contributed by atoms with Crippen molar-refractivity contribution in [3.8, 4) is 0 Å². The lowest BCUT2D eigenvalue weighted by atomic mass is 9.56. The molecule has 7 rings (SSSR count). The predicted octanol–water partition coefficient (Wildman–Crippen LogP) is 6.19. The van der Waals surface area contributed by atoms with Crippen molar-refractivity contribution in [3.05, 3.63) is 136 Å². The number of piperidine rings is 1. The normalized spacial score (nSPS) is 27.7. The van der Waals surface area contributed by atoms with Crippen LogP contribution >= 0.6 is 15.9 Å². The summed E-state index contributed by atoms with van der Waals surface area (Å²) in [7, 11) is 0. The largest absolute Gasteiger partial charge is 0.324 e. The van der Waals surface area contributed by atoms with E-state index in [0.29, 0.717) is 19.5 Å². The second-order valence-corrected chi connectivity index (χ2v) is 12.1. The zero-order valence-corrected chi connectivity index (χ0v) is 23.6. The molecule has 4 aromatic carbocycles. The number of hydrogen-bond donors (Lipinski definition) is 2. The Morgan fingerprint density at radius 3 is 2.17 bits per heavy atom. The average molecular weight is 593 g/mol. The third-order valence-corrected chi connectivity index (χ3v) is 9.57. The summed E-state index contributed by atoms with van der Waals surface area (Å²) in [5, 5.41) is 7.02. The quantitative estimate of drug-likeness (QED) is 0.297. The van der Waals surface area contributed by atoms with Crippen molar-refractivity contribution in [2.75, 3.05) is 18.4 Å². The van der Waals surface area contributed by atoms with Gasteiger partial charge in [0.25, 0.3) is 5.91 Å². The Hall–Kier alpha value is -3.58. The highest BCUT2D eigenvalue weighted by molar-refractivity contribution is 9.10. The highest BCUT2D eigenvalue weighted by Gasteiger charge is 2.74. The van der Waals surface area contributed by atoms with Crippen LogP contribution in [0.25, 0.3) is 0 Å². The number of halogens is 1. The van der Waals surface area contributed by atoms with Gasteiger partial charge in [-0.25, -0.2) is 0 Å². The molecule has 2 fully saturated rings. The van der Waals surface area contributed by atoms with Crippen molar-refractivity contribution < 1.29 is 9.59 Å². The maximum absolute atomic E-state index is 14.7. The van der Waals surface area contributed by atoms with Crippen LogP contribution in [-0.2, 0) is 21.7 Å². The van der Waals surface area contributed by atoms with Gasteiger partial charge in [0.05, 0.1) is 5.41 Å². The summed E-state index contributed by atoms with van der Waals surface area (Å²) in [5.74, 6) is -0.285. The second-order valence-electron chi connectivity index (χ2n) is 11.2. The monoisotopic (exact) mass is 591 g/mol. The SMILES string of the molecule is O=C1Nc2ccc(Br)cc2C12NC(c1ccccc1)C(c1ccccc1)C21CN(Cc2ccccc2)CCC1=O. The smallest absolute Gasteiger partial charge is 0.250 e. The molecule has 6 heteroatoms. The first-order valence-electron chi connectivity index (χ1n) is 13.8. The molecule has 0 radical (unpaired) electrons. The standard InChI is InChI=1S/C34H30BrN3O2/c35-26-16-17-28-27(20-26)34(32(40)36-28)33(22-38(19-18-29(33)39)21-23-10-4-1-5-11-23)30(24-12-6-2-7-13-24)31(37-34)25-14-8-3-9-15-25/h1-17,20,30-31,37H,18-19,21-22H2,(H,36,40). The Bertz CT molecular complexity index is 1580. The number of amides is 1. The number of benzene rings is 4. The van der Waals surface area contributed by atoms with Crippen LogP contribution in [0.3, 0.4) is 0 Å². The van der Waals surface area contributed by atoms with E-state index in [-0.39, 0.29) is 23.7 Å². The number of anilines is 1. The summed E-state index contributed by atoms with van der Waals surface area (Å²) in [6.45, 7) is 1.85. The van der Waals surface area contributed by atoms with E-state index in [4.69, 9.17) is 0 Å². The molecule has 40 heavy (non-hydrogen) atoms. The van der Waals surface area contributed by atoms with Crippen LogP contribution < -0.4 is 10.6 Å². The Balaban J connectivity index is 1.49. The van der Waals surface area contributed by atoms with Gasteiger partial charge in [-0.3, -0.25) is 19.8 Å². The summed E-state index contributed by atoms with van der Waals surface area (Å²) in [6.07, 6.45) is 0.387. The van der Waals surface area contributed by atoms with Crippen LogP contribution in [-0.4, -0.2) is 29.7 Å². The molecule has 0 bridgehead atoms. The number of fused-ring (bicyclic) bond motifs is 3. The first kappa shape index (κ1) is 25.4. The molecule has 2 spiro atoms. The number of ketones is 1. The van der Waals surface area contributed by atoms with Gasteiger partial charge >= 0.3 is 0 Å². The minimum absolute atomic E-state index is 0.138. The minimum atomic E-state index is -1.24. The van der Waals surface area contributed by atoms with Crippen molar-refractivity contribution in [1.29, 1.82) is 0 Å². The van der Waals surface area contributed by atoms with Crippen LogP contribution in [0, 0.1) is 5.41 Å². The first-order chi connectivity index (χ1) is 19.5. The molecule has 3 aliphatic rings. The molecule has 4 atom stereocenters. The summed E-state index contributed by atoms with van der Waals surface area (Å²) in [5.41, 5.74) is 2.64. The van der Waals surface area contributed by atoms with Gasteiger partial charge in [-0.1, -0.05) is 107 Å². The Morgan fingerprint density at radius 2 is 1.48 bits per heavy atom. The van der Waals surface area contributed by atoms with E-state index in [9.17, 15) is 9.59 Å². The van der Waals surface area contributed by atoms with Gasteiger partial charge in [-0.05, 0) is 34.9 Å². The molecular weight excluding hydrogens is 562 g/mol. The molecule has 2 saturated heterocycles. The van der Waals surface area contributed by atoms with E-state index >= 15 is 0 Å². The number of carbonyl (C=O) groups is 2. The fourth-order valence-electron chi connectivity index (χ4n) is 7.48. The number of nitrogens with one attached hydrogen (secondary N) is 2. The van der Waals surface area contributed by atoms with Crippen molar-refractivity contribution in [2.45, 2.75) is 30.5 Å². The van der Waals surface area contributed by atoms with Crippen LogP contribution in [0.4, 0.5) is 5.69 Å². The lowest BCUT2D eigenvalue weighted by molar-refractivity contribution is -0.146. The zero-order chi connectivity index (χ0) is 27.3. The summed E-state index contributed by atoms with van der Waals surface area (Å²) in [6, 6.07) is 36.6. The molecule has 3 heterocycles. The Morgan fingerprint density at radius 1 is 0.825 bits per heavy atom. The van der Waals surface area contributed by atoms with E-state index in [1.54, 1.807) is 0 Å². The van der Waals surface area contributed by atoms with Crippen LogP contribution in [0.2, 0.25) is 0 Å². The lowest BCUT2D eigenvalue weighted by Gasteiger charge is -2.49. The lowest BCUT2D eigenvalue weighted by Crippen LogP contribution is -2.64. The Labute approximate surface area is 242 Å². The second kappa shape index (κ2) is 9.81. The number of nitrogens with zero attached hydrogens (tertiary/aromatic N) is 1. The predicted molar refractivity (Wildman–Crippen MR) is 160 cm³/mol. The number of carbonyl (C=O) groups excluding carboxylic acids is 2. The fraction of sp³-hybridized carbons (Fsp3) is 0.235. The zero-order valence-electron chi connectivity index (χ0n) is 22.0. The number of Topliss-reactive ketones (excluding diaryl/α,β-unsaturated/α-hetero) is 1. The van der Waals surface area contributed by atoms with Gasteiger partial charge in [0, 0.05) is 53.7 Å². The summed E-state index contributed by atoms with van der Waals surface area (Å²) in [4.78, 5) is 31.5. The van der Waals surface area contributed by atoms with Crippen molar-refractivity contribution in [2.24, 2.45) is 5.41 Å².